The number of nitrogens with one attached hydrogen (secondary N) is 1. The van der Waals surface area contributed by atoms with Gasteiger partial charge in [0.2, 0.25) is 0 Å². The Hall–Kier alpha value is -2.80. The molecule has 0 saturated carbocycles. The van der Waals surface area contributed by atoms with Gasteiger partial charge in [0.15, 0.2) is 0 Å². The lowest BCUT2D eigenvalue weighted by Gasteiger charge is -2.04. The quantitative estimate of drug-likeness (QED) is 0.526. The molecule has 0 aliphatic heterocycles. The summed E-state index contributed by atoms with van der Waals surface area (Å²) in [6, 6.07) is 8.02. The number of hydrazone groups is 1. The van der Waals surface area contributed by atoms with Crippen LogP contribution in [-0.2, 0) is 6.42 Å². The number of carbonyl (C=O) groups excluding carboxylic acids is 1. The van der Waals surface area contributed by atoms with Gasteiger partial charge in [-0.05, 0) is 63.1 Å². The maximum atomic E-state index is 13.1. The Labute approximate surface area is 161 Å². The van der Waals surface area contributed by atoms with Gasteiger partial charge in [-0.3, -0.25) is 4.79 Å². The van der Waals surface area contributed by atoms with Gasteiger partial charge in [0.1, 0.15) is 5.82 Å². The van der Waals surface area contributed by atoms with E-state index in [2.05, 4.69) is 22.5 Å². The van der Waals surface area contributed by atoms with Crippen molar-refractivity contribution in [3.8, 4) is 5.69 Å². The number of carbonyl (C=O) groups is 1. The first-order valence-electron chi connectivity index (χ1n) is 8.65. The number of amides is 1. The Balaban J connectivity index is 1.77. The number of halogens is 1. The summed E-state index contributed by atoms with van der Waals surface area (Å²) in [5.41, 5.74) is 6.92. The van der Waals surface area contributed by atoms with Crippen molar-refractivity contribution in [2.24, 2.45) is 5.10 Å². The zero-order valence-corrected chi connectivity index (χ0v) is 16.5. The SMILES string of the molecule is CCc1sc(C(=O)N/N=C\c2c(C)nn(-c3ccc(F)cc3)c2C)cc1C. The van der Waals surface area contributed by atoms with Crippen molar-refractivity contribution >= 4 is 23.5 Å². The van der Waals surface area contributed by atoms with E-state index in [9.17, 15) is 9.18 Å². The van der Waals surface area contributed by atoms with Gasteiger partial charge in [0, 0.05) is 10.4 Å². The van der Waals surface area contributed by atoms with E-state index in [1.807, 2.05) is 26.8 Å². The van der Waals surface area contributed by atoms with E-state index in [1.54, 1.807) is 23.0 Å². The van der Waals surface area contributed by atoms with Crippen LogP contribution in [0.4, 0.5) is 4.39 Å². The maximum absolute atomic E-state index is 13.1. The summed E-state index contributed by atoms with van der Waals surface area (Å²) in [6.07, 6.45) is 2.50. The molecule has 3 rings (SSSR count). The maximum Gasteiger partial charge on any atom is 0.281 e. The third-order valence-electron chi connectivity index (χ3n) is 4.34. The van der Waals surface area contributed by atoms with Crippen molar-refractivity contribution in [3.63, 3.8) is 0 Å². The minimum absolute atomic E-state index is 0.222. The van der Waals surface area contributed by atoms with Crippen molar-refractivity contribution in [2.75, 3.05) is 0 Å². The van der Waals surface area contributed by atoms with Gasteiger partial charge in [-0.1, -0.05) is 6.92 Å². The first kappa shape index (κ1) is 19.0. The second kappa shape index (κ2) is 7.84. The zero-order valence-electron chi connectivity index (χ0n) is 15.7. The lowest BCUT2D eigenvalue weighted by molar-refractivity contribution is 0.0959. The lowest BCUT2D eigenvalue weighted by atomic mass is 10.2. The summed E-state index contributed by atoms with van der Waals surface area (Å²) in [7, 11) is 0. The molecule has 7 heteroatoms. The predicted molar refractivity (Wildman–Crippen MR) is 106 cm³/mol. The highest BCUT2D eigenvalue weighted by Crippen LogP contribution is 2.22. The Morgan fingerprint density at radius 2 is 2.00 bits per heavy atom. The van der Waals surface area contributed by atoms with Crippen LogP contribution in [0.2, 0.25) is 0 Å². The Bertz CT molecular complexity index is 1000. The van der Waals surface area contributed by atoms with Crippen LogP contribution in [0.25, 0.3) is 5.69 Å². The number of hydrogen-bond acceptors (Lipinski definition) is 4. The van der Waals surface area contributed by atoms with E-state index in [0.29, 0.717) is 4.88 Å². The number of aryl methyl sites for hydroxylation is 3. The van der Waals surface area contributed by atoms with Gasteiger partial charge >= 0.3 is 0 Å². The predicted octanol–water partition coefficient (Wildman–Crippen LogP) is 4.32. The Morgan fingerprint density at radius 3 is 2.63 bits per heavy atom. The topological polar surface area (TPSA) is 59.3 Å². The average Bonchev–Trinajstić information content (AvgIpc) is 3.16. The van der Waals surface area contributed by atoms with Crippen LogP contribution in [0, 0.1) is 26.6 Å². The smallest absolute Gasteiger partial charge is 0.266 e. The first-order chi connectivity index (χ1) is 12.9. The van der Waals surface area contributed by atoms with E-state index in [-0.39, 0.29) is 11.7 Å². The molecule has 0 atom stereocenters. The monoisotopic (exact) mass is 384 g/mol. The van der Waals surface area contributed by atoms with Crippen molar-refractivity contribution in [3.05, 3.63) is 68.4 Å². The third kappa shape index (κ3) is 3.98. The van der Waals surface area contributed by atoms with Crippen molar-refractivity contribution in [1.82, 2.24) is 15.2 Å². The van der Waals surface area contributed by atoms with Gasteiger partial charge in [0.05, 0.1) is 28.2 Å². The molecule has 2 aromatic heterocycles. The number of thiophene rings is 1. The van der Waals surface area contributed by atoms with E-state index in [1.165, 1.54) is 28.3 Å². The fourth-order valence-electron chi connectivity index (χ4n) is 2.87. The summed E-state index contributed by atoms with van der Waals surface area (Å²) in [4.78, 5) is 14.1. The molecule has 0 radical (unpaired) electrons. The molecule has 1 aromatic carbocycles. The van der Waals surface area contributed by atoms with Gasteiger partial charge in [-0.25, -0.2) is 14.5 Å². The minimum Gasteiger partial charge on any atom is -0.266 e. The fraction of sp³-hybridized carbons (Fsp3) is 0.250. The van der Waals surface area contributed by atoms with E-state index in [0.717, 1.165) is 34.6 Å². The summed E-state index contributed by atoms with van der Waals surface area (Å²) < 4.78 is 14.9. The number of rotatable bonds is 5. The van der Waals surface area contributed by atoms with Gasteiger partial charge in [-0.15, -0.1) is 11.3 Å². The molecule has 0 fully saturated rings. The summed E-state index contributed by atoms with van der Waals surface area (Å²) in [5.74, 6) is -0.514. The van der Waals surface area contributed by atoms with Crippen LogP contribution in [-0.4, -0.2) is 21.9 Å². The van der Waals surface area contributed by atoms with Gasteiger partial charge in [0.25, 0.3) is 5.91 Å². The van der Waals surface area contributed by atoms with Crippen molar-refractivity contribution in [1.29, 1.82) is 0 Å². The van der Waals surface area contributed by atoms with E-state index >= 15 is 0 Å². The van der Waals surface area contributed by atoms with Crippen molar-refractivity contribution < 1.29 is 9.18 Å². The molecule has 0 saturated heterocycles. The molecule has 140 valence electrons. The van der Waals surface area contributed by atoms with Gasteiger partial charge < -0.3 is 0 Å². The van der Waals surface area contributed by atoms with E-state index < -0.39 is 0 Å². The van der Waals surface area contributed by atoms with Crippen LogP contribution in [0.5, 0.6) is 0 Å². The largest absolute Gasteiger partial charge is 0.281 e. The van der Waals surface area contributed by atoms with Crippen LogP contribution in [0.3, 0.4) is 0 Å². The number of aromatic nitrogens is 2. The van der Waals surface area contributed by atoms with Crippen molar-refractivity contribution in [2.45, 2.75) is 34.1 Å². The van der Waals surface area contributed by atoms with Crippen LogP contribution in [0.1, 0.15) is 44.0 Å². The highest BCUT2D eigenvalue weighted by atomic mass is 32.1. The standard InChI is InChI=1S/C20H21FN4OS/c1-5-18-12(2)10-19(27-18)20(26)23-22-11-17-13(3)24-25(14(17)4)16-8-6-15(21)7-9-16/h6-11H,5H2,1-4H3,(H,23,26)/b22-11-. The Kier molecular flexibility index (Phi) is 5.51. The highest BCUT2D eigenvalue weighted by Gasteiger charge is 2.13. The number of benzene rings is 1. The molecule has 2 heterocycles. The molecule has 1 N–H and O–H groups in total. The minimum atomic E-state index is -0.292. The molecule has 27 heavy (non-hydrogen) atoms. The molecular formula is C20H21FN4OS. The fourth-order valence-corrected chi connectivity index (χ4v) is 3.87. The van der Waals surface area contributed by atoms with Crippen LogP contribution in [0.15, 0.2) is 35.4 Å². The lowest BCUT2D eigenvalue weighted by Crippen LogP contribution is -2.16. The molecule has 5 nitrogen and oxygen atoms in total. The van der Waals surface area contributed by atoms with E-state index in [4.69, 9.17) is 0 Å². The number of hydrogen-bond donors (Lipinski definition) is 1. The zero-order chi connectivity index (χ0) is 19.6. The molecule has 0 aliphatic carbocycles. The summed E-state index contributed by atoms with van der Waals surface area (Å²) >= 11 is 1.49. The third-order valence-corrected chi connectivity index (χ3v) is 5.72. The summed E-state index contributed by atoms with van der Waals surface area (Å²) in [6.45, 7) is 7.85. The molecule has 0 spiro atoms. The molecule has 0 unspecified atom stereocenters. The molecule has 3 aromatic rings. The molecule has 0 aliphatic rings. The van der Waals surface area contributed by atoms with Crippen LogP contribution < -0.4 is 5.43 Å². The Morgan fingerprint density at radius 1 is 1.30 bits per heavy atom. The first-order valence-corrected chi connectivity index (χ1v) is 9.47. The normalized spacial score (nSPS) is 11.3. The second-order valence-corrected chi connectivity index (χ2v) is 7.38. The molecule has 1 amide bonds. The number of nitrogens with zero attached hydrogens (tertiary/aromatic N) is 3. The molecular weight excluding hydrogens is 363 g/mol. The van der Waals surface area contributed by atoms with Crippen LogP contribution >= 0.6 is 11.3 Å². The second-order valence-electron chi connectivity index (χ2n) is 6.24. The summed E-state index contributed by atoms with van der Waals surface area (Å²) in [5, 5.41) is 8.58. The molecule has 0 bridgehead atoms. The van der Waals surface area contributed by atoms with Gasteiger partial charge in [-0.2, -0.15) is 10.2 Å². The highest BCUT2D eigenvalue weighted by molar-refractivity contribution is 7.14. The average molecular weight is 384 g/mol.